The lowest BCUT2D eigenvalue weighted by Gasteiger charge is -2.28. The summed E-state index contributed by atoms with van der Waals surface area (Å²) in [5.74, 6) is 0. The molecule has 0 saturated heterocycles. The molecule has 2 rings (SSSR count). The molecule has 1 aliphatic carbocycles. The van der Waals surface area contributed by atoms with Crippen LogP contribution in [0, 0.1) is 0 Å². The van der Waals surface area contributed by atoms with Crippen molar-refractivity contribution in [1.29, 1.82) is 0 Å². The molecule has 1 atom stereocenters. The molecule has 0 amide bonds. The van der Waals surface area contributed by atoms with Gasteiger partial charge in [-0.3, -0.25) is 0 Å². The van der Waals surface area contributed by atoms with E-state index in [0.717, 1.165) is 6.42 Å². The molecule has 1 nitrogen and oxygen atoms in total. The standard InChI is InChI=1S/C11H12OS/c1-12-11(7-3-2-4-8-11)10-6-5-9-13-10/h2-7,9H,8H2,1H3. The molecule has 0 fully saturated rings. The fraction of sp³-hybridized carbons (Fsp3) is 0.273. The second-order valence-electron chi connectivity index (χ2n) is 3.06. The van der Waals surface area contributed by atoms with Crippen molar-refractivity contribution in [3.63, 3.8) is 0 Å². The molecular formula is C11H12OS. The molecule has 0 aromatic carbocycles. The minimum absolute atomic E-state index is 0.205. The Labute approximate surface area is 82.4 Å². The van der Waals surface area contributed by atoms with Crippen molar-refractivity contribution in [2.24, 2.45) is 0 Å². The van der Waals surface area contributed by atoms with Crippen LogP contribution in [0.5, 0.6) is 0 Å². The molecule has 1 aromatic heterocycles. The highest BCUT2D eigenvalue weighted by atomic mass is 32.1. The third kappa shape index (κ3) is 1.47. The van der Waals surface area contributed by atoms with Crippen LogP contribution in [-0.4, -0.2) is 7.11 Å². The van der Waals surface area contributed by atoms with Crippen LogP contribution in [0.3, 0.4) is 0 Å². The summed E-state index contributed by atoms with van der Waals surface area (Å²) in [7, 11) is 1.77. The Morgan fingerprint density at radius 3 is 2.92 bits per heavy atom. The predicted octanol–water partition coefficient (Wildman–Crippen LogP) is 3.11. The molecule has 13 heavy (non-hydrogen) atoms. The zero-order valence-electron chi connectivity index (χ0n) is 7.57. The Morgan fingerprint density at radius 2 is 2.38 bits per heavy atom. The number of hydrogen-bond acceptors (Lipinski definition) is 2. The second-order valence-corrected chi connectivity index (χ2v) is 4.01. The number of thiophene rings is 1. The molecule has 0 bridgehead atoms. The molecule has 0 radical (unpaired) electrons. The van der Waals surface area contributed by atoms with Crippen molar-refractivity contribution in [1.82, 2.24) is 0 Å². The van der Waals surface area contributed by atoms with Gasteiger partial charge in [-0.15, -0.1) is 11.3 Å². The maximum absolute atomic E-state index is 5.60. The number of ether oxygens (including phenoxy) is 1. The fourth-order valence-electron chi connectivity index (χ4n) is 1.55. The van der Waals surface area contributed by atoms with Gasteiger partial charge in [0.25, 0.3) is 0 Å². The predicted molar refractivity (Wildman–Crippen MR) is 55.9 cm³/mol. The molecule has 2 heteroatoms. The minimum atomic E-state index is -0.205. The van der Waals surface area contributed by atoms with Gasteiger partial charge in [0, 0.05) is 18.4 Å². The molecule has 1 aliphatic rings. The number of methoxy groups -OCH3 is 1. The maximum atomic E-state index is 5.60. The number of rotatable bonds is 2. The van der Waals surface area contributed by atoms with E-state index in [2.05, 4.69) is 35.7 Å². The van der Waals surface area contributed by atoms with Crippen LogP contribution < -0.4 is 0 Å². The van der Waals surface area contributed by atoms with Gasteiger partial charge in [0.2, 0.25) is 0 Å². The molecule has 1 aromatic rings. The summed E-state index contributed by atoms with van der Waals surface area (Å²) in [6, 6.07) is 4.19. The van der Waals surface area contributed by atoms with E-state index < -0.39 is 0 Å². The van der Waals surface area contributed by atoms with Crippen LogP contribution >= 0.6 is 11.3 Å². The first-order valence-corrected chi connectivity index (χ1v) is 5.19. The van der Waals surface area contributed by atoms with Crippen LogP contribution in [0.2, 0.25) is 0 Å². The van der Waals surface area contributed by atoms with Crippen molar-refractivity contribution >= 4 is 11.3 Å². The van der Waals surface area contributed by atoms with Crippen molar-refractivity contribution in [3.8, 4) is 0 Å². The van der Waals surface area contributed by atoms with Crippen molar-refractivity contribution in [2.75, 3.05) is 7.11 Å². The van der Waals surface area contributed by atoms with Crippen LogP contribution in [0.25, 0.3) is 0 Å². The lowest BCUT2D eigenvalue weighted by atomic mass is 9.93. The first kappa shape index (κ1) is 8.73. The monoisotopic (exact) mass is 192 g/mol. The van der Waals surface area contributed by atoms with Gasteiger partial charge in [0.05, 0.1) is 0 Å². The molecule has 1 heterocycles. The van der Waals surface area contributed by atoms with Gasteiger partial charge in [-0.25, -0.2) is 0 Å². The molecule has 0 saturated carbocycles. The summed E-state index contributed by atoms with van der Waals surface area (Å²) in [6.07, 6.45) is 9.31. The molecule has 0 aliphatic heterocycles. The zero-order chi connectivity index (χ0) is 9.15. The van der Waals surface area contributed by atoms with E-state index in [1.165, 1.54) is 4.88 Å². The topological polar surface area (TPSA) is 9.23 Å². The smallest absolute Gasteiger partial charge is 0.124 e. The van der Waals surface area contributed by atoms with Gasteiger partial charge in [0.15, 0.2) is 0 Å². The van der Waals surface area contributed by atoms with E-state index in [1.54, 1.807) is 18.4 Å². The Balaban J connectivity index is 2.36. The lowest BCUT2D eigenvalue weighted by molar-refractivity contribution is 0.0339. The summed E-state index contributed by atoms with van der Waals surface area (Å²) in [6.45, 7) is 0. The first-order valence-electron chi connectivity index (χ1n) is 4.31. The highest BCUT2D eigenvalue weighted by Crippen LogP contribution is 2.35. The van der Waals surface area contributed by atoms with E-state index in [9.17, 15) is 0 Å². The number of hydrogen-bond donors (Lipinski definition) is 0. The summed E-state index contributed by atoms with van der Waals surface area (Å²) in [5, 5.41) is 2.09. The van der Waals surface area contributed by atoms with Crippen molar-refractivity contribution in [2.45, 2.75) is 12.0 Å². The van der Waals surface area contributed by atoms with Crippen molar-refractivity contribution < 1.29 is 4.74 Å². The second kappa shape index (κ2) is 3.48. The molecular weight excluding hydrogens is 180 g/mol. The molecule has 0 N–H and O–H groups in total. The summed E-state index contributed by atoms with van der Waals surface area (Å²) in [4.78, 5) is 1.27. The van der Waals surface area contributed by atoms with E-state index in [-0.39, 0.29) is 5.60 Å². The van der Waals surface area contributed by atoms with Gasteiger partial charge in [-0.2, -0.15) is 0 Å². The molecule has 68 valence electrons. The average Bonchev–Trinajstić information content (AvgIpc) is 2.72. The largest absolute Gasteiger partial charge is 0.368 e. The SMILES string of the molecule is COC1(c2cccs2)C=CC=CC1. The highest BCUT2D eigenvalue weighted by Gasteiger charge is 2.29. The third-order valence-corrected chi connectivity index (χ3v) is 3.37. The van der Waals surface area contributed by atoms with E-state index in [1.807, 2.05) is 6.08 Å². The Kier molecular flexibility index (Phi) is 2.34. The van der Waals surface area contributed by atoms with E-state index in [0.29, 0.717) is 0 Å². The van der Waals surface area contributed by atoms with Gasteiger partial charge >= 0.3 is 0 Å². The Hall–Kier alpha value is -0.860. The van der Waals surface area contributed by atoms with E-state index in [4.69, 9.17) is 4.74 Å². The van der Waals surface area contributed by atoms with Crippen molar-refractivity contribution in [3.05, 3.63) is 46.7 Å². The van der Waals surface area contributed by atoms with Gasteiger partial charge in [0.1, 0.15) is 5.60 Å². The zero-order valence-corrected chi connectivity index (χ0v) is 8.38. The summed E-state index contributed by atoms with van der Waals surface area (Å²) >= 11 is 1.74. The Bertz CT molecular complexity index is 324. The maximum Gasteiger partial charge on any atom is 0.124 e. The lowest BCUT2D eigenvalue weighted by Crippen LogP contribution is -2.24. The quantitative estimate of drug-likeness (QED) is 0.699. The first-order chi connectivity index (χ1) is 6.37. The van der Waals surface area contributed by atoms with Crippen LogP contribution in [0.1, 0.15) is 11.3 Å². The van der Waals surface area contributed by atoms with Crippen LogP contribution in [-0.2, 0) is 10.3 Å². The number of allylic oxidation sites excluding steroid dienone is 2. The van der Waals surface area contributed by atoms with Gasteiger partial charge in [-0.05, 0) is 17.5 Å². The van der Waals surface area contributed by atoms with Crippen LogP contribution in [0.15, 0.2) is 41.8 Å². The average molecular weight is 192 g/mol. The summed E-state index contributed by atoms with van der Waals surface area (Å²) in [5.41, 5.74) is -0.205. The summed E-state index contributed by atoms with van der Waals surface area (Å²) < 4.78 is 5.60. The third-order valence-electron chi connectivity index (χ3n) is 2.34. The van der Waals surface area contributed by atoms with Crippen LogP contribution in [0.4, 0.5) is 0 Å². The van der Waals surface area contributed by atoms with Gasteiger partial charge < -0.3 is 4.74 Å². The van der Waals surface area contributed by atoms with E-state index >= 15 is 0 Å². The Morgan fingerprint density at radius 1 is 1.46 bits per heavy atom. The highest BCUT2D eigenvalue weighted by molar-refractivity contribution is 7.10. The van der Waals surface area contributed by atoms with Gasteiger partial charge in [-0.1, -0.05) is 24.3 Å². The normalized spacial score (nSPS) is 26.5. The fourth-order valence-corrected chi connectivity index (χ4v) is 2.45. The minimum Gasteiger partial charge on any atom is -0.368 e. The molecule has 0 spiro atoms. The molecule has 1 unspecified atom stereocenters.